The van der Waals surface area contributed by atoms with Crippen LogP contribution >= 0.6 is 0 Å². The third-order valence-electron chi connectivity index (χ3n) is 5.23. The molecule has 0 saturated heterocycles. The number of hydrogen-bond donors (Lipinski definition) is 2. The van der Waals surface area contributed by atoms with Crippen molar-refractivity contribution >= 4 is 11.7 Å². The average molecular weight is 455 g/mol. The Bertz CT molecular complexity index is 1350. The first kappa shape index (κ1) is 22.6. The van der Waals surface area contributed by atoms with Gasteiger partial charge in [-0.3, -0.25) is 14.5 Å². The molecule has 0 atom stereocenters. The van der Waals surface area contributed by atoms with Gasteiger partial charge in [-0.1, -0.05) is 18.2 Å². The van der Waals surface area contributed by atoms with Gasteiger partial charge >= 0.3 is 0 Å². The van der Waals surface area contributed by atoms with Crippen LogP contribution in [0.3, 0.4) is 0 Å². The van der Waals surface area contributed by atoms with Gasteiger partial charge in [-0.2, -0.15) is 10.4 Å². The molecule has 1 aromatic carbocycles. The predicted octanol–water partition coefficient (Wildman–Crippen LogP) is 3.47. The zero-order valence-electron chi connectivity index (χ0n) is 18.5. The SMILES string of the molecule is Cn1ncc(-c2ccc(C(=O)NCc3cccnc3)c(NCCc3cccc(F)c3)n2)c1C#N. The van der Waals surface area contributed by atoms with Crippen molar-refractivity contribution in [1.82, 2.24) is 25.1 Å². The largest absolute Gasteiger partial charge is 0.369 e. The molecule has 0 saturated carbocycles. The maximum Gasteiger partial charge on any atom is 0.255 e. The van der Waals surface area contributed by atoms with E-state index in [1.165, 1.54) is 16.8 Å². The molecule has 0 aliphatic heterocycles. The molecule has 0 spiro atoms. The molecular weight excluding hydrogens is 433 g/mol. The van der Waals surface area contributed by atoms with Crippen molar-refractivity contribution < 1.29 is 9.18 Å². The van der Waals surface area contributed by atoms with Crippen LogP contribution in [0.15, 0.2) is 67.1 Å². The Hall–Kier alpha value is -4.58. The summed E-state index contributed by atoms with van der Waals surface area (Å²) < 4.78 is 15.0. The van der Waals surface area contributed by atoms with E-state index in [9.17, 15) is 14.4 Å². The first-order valence-corrected chi connectivity index (χ1v) is 10.6. The Morgan fingerprint density at radius 3 is 2.76 bits per heavy atom. The number of carbonyl (C=O) groups is 1. The van der Waals surface area contributed by atoms with Crippen molar-refractivity contribution in [3.05, 3.63) is 95.3 Å². The van der Waals surface area contributed by atoms with Gasteiger partial charge in [-0.25, -0.2) is 9.37 Å². The molecule has 3 aromatic heterocycles. The van der Waals surface area contributed by atoms with Crippen LogP contribution in [0.4, 0.5) is 10.2 Å². The number of carbonyl (C=O) groups excluding carboxylic acids is 1. The molecular formula is C25H22FN7O. The molecule has 0 radical (unpaired) electrons. The lowest BCUT2D eigenvalue weighted by molar-refractivity contribution is 0.0951. The molecule has 9 heteroatoms. The van der Waals surface area contributed by atoms with Crippen molar-refractivity contribution in [2.75, 3.05) is 11.9 Å². The molecule has 2 N–H and O–H groups in total. The normalized spacial score (nSPS) is 10.5. The second kappa shape index (κ2) is 10.4. The van der Waals surface area contributed by atoms with E-state index in [2.05, 4.69) is 31.8 Å². The van der Waals surface area contributed by atoms with Gasteiger partial charge in [0.2, 0.25) is 0 Å². The molecule has 0 aliphatic rings. The van der Waals surface area contributed by atoms with Crippen molar-refractivity contribution in [3.8, 4) is 17.3 Å². The predicted molar refractivity (Wildman–Crippen MR) is 125 cm³/mol. The summed E-state index contributed by atoms with van der Waals surface area (Å²) in [6.07, 6.45) is 5.46. The van der Waals surface area contributed by atoms with Crippen LogP contribution in [0, 0.1) is 17.1 Å². The number of aryl methyl sites for hydroxylation is 1. The molecule has 0 unspecified atom stereocenters. The van der Waals surface area contributed by atoms with Crippen molar-refractivity contribution in [2.45, 2.75) is 13.0 Å². The van der Waals surface area contributed by atoms with E-state index >= 15 is 0 Å². The summed E-state index contributed by atoms with van der Waals surface area (Å²) in [5.41, 5.74) is 3.50. The molecule has 170 valence electrons. The lowest BCUT2D eigenvalue weighted by Gasteiger charge is -2.13. The number of rotatable bonds is 8. The second-order valence-electron chi connectivity index (χ2n) is 7.59. The minimum Gasteiger partial charge on any atom is -0.369 e. The van der Waals surface area contributed by atoms with Crippen LogP contribution in [0.1, 0.15) is 27.2 Å². The smallest absolute Gasteiger partial charge is 0.255 e. The maximum atomic E-state index is 13.5. The number of nitriles is 1. The van der Waals surface area contributed by atoms with E-state index in [1.54, 1.807) is 49.9 Å². The number of hydrogen-bond acceptors (Lipinski definition) is 6. The minimum atomic E-state index is -0.303. The second-order valence-corrected chi connectivity index (χ2v) is 7.59. The molecule has 8 nitrogen and oxygen atoms in total. The van der Waals surface area contributed by atoms with Crippen LogP contribution < -0.4 is 10.6 Å². The van der Waals surface area contributed by atoms with Gasteiger partial charge in [0.1, 0.15) is 23.4 Å². The third kappa shape index (κ3) is 5.24. The fourth-order valence-electron chi connectivity index (χ4n) is 3.48. The Morgan fingerprint density at radius 2 is 2.00 bits per heavy atom. The Morgan fingerprint density at radius 1 is 1.15 bits per heavy atom. The lowest BCUT2D eigenvalue weighted by Crippen LogP contribution is -2.25. The first-order chi connectivity index (χ1) is 16.5. The zero-order valence-corrected chi connectivity index (χ0v) is 18.5. The molecule has 4 rings (SSSR count). The lowest BCUT2D eigenvalue weighted by atomic mass is 10.1. The van der Waals surface area contributed by atoms with Gasteiger partial charge < -0.3 is 10.6 Å². The fraction of sp³-hybridized carbons (Fsp3) is 0.160. The van der Waals surface area contributed by atoms with Crippen LogP contribution in [0.5, 0.6) is 0 Å². The topological polar surface area (TPSA) is 109 Å². The number of amides is 1. The molecule has 0 aliphatic carbocycles. The number of anilines is 1. The van der Waals surface area contributed by atoms with Gasteiger partial charge in [0, 0.05) is 32.5 Å². The third-order valence-corrected chi connectivity index (χ3v) is 5.23. The van der Waals surface area contributed by atoms with E-state index in [0.717, 1.165) is 11.1 Å². The summed E-state index contributed by atoms with van der Waals surface area (Å²) in [4.78, 5) is 21.6. The van der Waals surface area contributed by atoms with E-state index < -0.39 is 0 Å². The van der Waals surface area contributed by atoms with E-state index in [0.29, 0.717) is 47.8 Å². The highest BCUT2D eigenvalue weighted by atomic mass is 19.1. The monoisotopic (exact) mass is 455 g/mol. The average Bonchev–Trinajstić information content (AvgIpc) is 3.23. The highest BCUT2D eigenvalue weighted by Gasteiger charge is 2.17. The number of nitrogens with zero attached hydrogens (tertiary/aromatic N) is 5. The van der Waals surface area contributed by atoms with Gasteiger partial charge in [0.25, 0.3) is 5.91 Å². The fourth-order valence-corrected chi connectivity index (χ4v) is 3.48. The molecule has 3 heterocycles. The van der Waals surface area contributed by atoms with Crippen LogP contribution in [-0.2, 0) is 20.0 Å². The first-order valence-electron chi connectivity index (χ1n) is 10.6. The van der Waals surface area contributed by atoms with E-state index in [1.807, 2.05) is 12.1 Å². The zero-order chi connectivity index (χ0) is 23.9. The number of benzene rings is 1. The molecule has 1 amide bonds. The van der Waals surface area contributed by atoms with Crippen LogP contribution in [-0.4, -0.2) is 32.2 Å². The minimum absolute atomic E-state index is 0.297. The molecule has 4 aromatic rings. The summed E-state index contributed by atoms with van der Waals surface area (Å²) in [7, 11) is 1.68. The summed E-state index contributed by atoms with van der Waals surface area (Å²) >= 11 is 0. The van der Waals surface area contributed by atoms with Crippen molar-refractivity contribution in [3.63, 3.8) is 0 Å². The van der Waals surface area contributed by atoms with Crippen LogP contribution in [0.25, 0.3) is 11.3 Å². The Balaban J connectivity index is 1.58. The number of aromatic nitrogens is 4. The van der Waals surface area contributed by atoms with Gasteiger partial charge in [-0.15, -0.1) is 0 Å². The summed E-state index contributed by atoms with van der Waals surface area (Å²) in [6, 6.07) is 15.5. The van der Waals surface area contributed by atoms with E-state index in [4.69, 9.17) is 0 Å². The number of pyridine rings is 2. The van der Waals surface area contributed by atoms with Gasteiger partial charge in [0.15, 0.2) is 0 Å². The van der Waals surface area contributed by atoms with Crippen molar-refractivity contribution in [1.29, 1.82) is 5.26 Å². The quantitative estimate of drug-likeness (QED) is 0.421. The number of halogens is 1. The highest BCUT2D eigenvalue weighted by Crippen LogP contribution is 2.25. The summed E-state index contributed by atoms with van der Waals surface area (Å²) in [6.45, 7) is 0.749. The highest BCUT2D eigenvalue weighted by molar-refractivity contribution is 5.99. The van der Waals surface area contributed by atoms with E-state index in [-0.39, 0.29) is 11.7 Å². The maximum absolute atomic E-state index is 13.5. The van der Waals surface area contributed by atoms with Crippen LogP contribution in [0.2, 0.25) is 0 Å². The number of nitrogens with one attached hydrogen (secondary N) is 2. The Labute approximate surface area is 196 Å². The summed E-state index contributed by atoms with van der Waals surface area (Å²) in [5, 5.41) is 19.7. The Kier molecular flexibility index (Phi) is 6.89. The van der Waals surface area contributed by atoms with Gasteiger partial charge in [0.05, 0.1) is 23.0 Å². The summed E-state index contributed by atoms with van der Waals surface area (Å²) in [5.74, 6) is -0.234. The molecule has 34 heavy (non-hydrogen) atoms. The van der Waals surface area contributed by atoms with Gasteiger partial charge in [-0.05, 0) is 47.9 Å². The molecule has 0 bridgehead atoms. The van der Waals surface area contributed by atoms with Crippen molar-refractivity contribution in [2.24, 2.45) is 7.05 Å². The standard InChI is InChI=1S/C25H22FN7O/c1-33-23(13-27)21(16-31-33)22-8-7-20(25(34)30-15-18-5-3-10-28-14-18)24(32-22)29-11-9-17-4-2-6-19(26)12-17/h2-8,10,12,14,16H,9,11,15H2,1H3,(H,29,32)(H,30,34). The molecule has 0 fully saturated rings.